The van der Waals surface area contributed by atoms with Gasteiger partial charge in [-0.2, -0.15) is 0 Å². The lowest BCUT2D eigenvalue weighted by molar-refractivity contribution is -0.185. The standard InChI is InChI=1S/C17H22O5/c1-9-5-6-12(21-11(3)18)16(4)7-8-17(20)10(2)15(19)22-14(17)13(9)16/h12-14,20H,1-2,5-8H2,3-4H3. The van der Waals surface area contributed by atoms with E-state index >= 15 is 0 Å². The summed E-state index contributed by atoms with van der Waals surface area (Å²) in [5, 5.41) is 10.9. The molecule has 3 rings (SSSR count). The van der Waals surface area contributed by atoms with Gasteiger partial charge in [-0.3, -0.25) is 4.79 Å². The zero-order valence-electron chi connectivity index (χ0n) is 13.1. The van der Waals surface area contributed by atoms with Gasteiger partial charge in [0.25, 0.3) is 0 Å². The molecule has 3 fully saturated rings. The van der Waals surface area contributed by atoms with E-state index in [0.717, 1.165) is 5.57 Å². The molecule has 5 unspecified atom stereocenters. The highest BCUT2D eigenvalue weighted by Gasteiger charge is 2.65. The fraction of sp³-hybridized carbons (Fsp3) is 0.647. The molecule has 1 aliphatic heterocycles. The summed E-state index contributed by atoms with van der Waals surface area (Å²) in [6.07, 6.45) is 1.47. The van der Waals surface area contributed by atoms with Crippen molar-refractivity contribution < 1.29 is 24.2 Å². The zero-order valence-corrected chi connectivity index (χ0v) is 13.1. The second kappa shape index (κ2) is 4.69. The number of ether oxygens (including phenoxy) is 2. The van der Waals surface area contributed by atoms with Crippen LogP contribution in [0.3, 0.4) is 0 Å². The molecule has 22 heavy (non-hydrogen) atoms. The van der Waals surface area contributed by atoms with Crippen LogP contribution in [0.4, 0.5) is 0 Å². The smallest absolute Gasteiger partial charge is 0.336 e. The van der Waals surface area contributed by atoms with E-state index in [1.54, 1.807) is 0 Å². The Labute approximate surface area is 130 Å². The number of hydrogen-bond acceptors (Lipinski definition) is 5. The Morgan fingerprint density at radius 1 is 1.41 bits per heavy atom. The number of carbonyl (C=O) groups is 2. The summed E-state index contributed by atoms with van der Waals surface area (Å²) in [6.45, 7) is 11.3. The SMILES string of the molecule is C=C1CCC(OC(C)=O)C2(C)CCC3(O)C(=C)C(=O)OC3C12. The highest BCUT2D eigenvalue weighted by atomic mass is 16.6. The Hall–Kier alpha value is -1.62. The maximum absolute atomic E-state index is 11.9. The Morgan fingerprint density at radius 3 is 2.73 bits per heavy atom. The quantitative estimate of drug-likeness (QED) is 0.455. The van der Waals surface area contributed by atoms with E-state index in [0.29, 0.717) is 25.7 Å². The van der Waals surface area contributed by atoms with E-state index in [-0.39, 0.29) is 29.0 Å². The van der Waals surface area contributed by atoms with Gasteiger partial charge in [-0.15, -0.1) is 0 Å². The van der Waals surface area contributed by atoms with Crippen LogP contribution in [0.5, 0.6) is 0 Å². The summed E-state index contributed by atoms with van der Waals surface area (Å²) in [5.74, 6) is -1.09. The first kappa shape index (κ1) is 15.3. The first-order chi connectivity index (χ1) is 10.2. The number of aliphatic hydroxyl groups is 1. The number of esters is 2. The predicted molar refractivity (Wildman–Crippen MR) is 78.7 cm³/mol. The van der Waals surface area contributed by atoms with E-state index < -0.39 is 17.7 Å². The average molecular weight is 306 g/mol. The number of fused-ring (bicyclic) bond motifs is 3. The van der Waals surface area contributed by atoms with Gasteiger partial charge in [0.05, 0.1) is 5.57 Å². The van der Waals surface area contributed by atoms with Crippen molar-refractivity contribution in [1.82, 2.24) is 0 Å². The topological polar surface area (TPSA) is 72.8 Å². The molecule has 0 amide bonds. The maximum atomic E-state index is 11.9. The third kappa shape index (κ3) is 1.88. The van der Waals surface area contributed by atoms with Crippen LogP contribution in [-0.2, 0) is 19.1 Å². The van der Waals surface area contributed by atoms with E-state index in [4.69, 9.17) is 9.47 Å². The lowest BCUT2D eigenvalue weighted by Gasteiger charge is -2.55. The Morgan fingerprint density at radius 2 is 2.09 bits per heavy atom. The molecule has 5 nitrogen and oxygen atoms in total. The van der Waals surface area contributed by atoms with E-state index in [1.807, 2.05) is 6.92 Å². The van der Waals surface area contributed by atoms with Crippen molar-refractivity contribution in [3.05, 3.63) is 24.3 Å². The lowest BCUT2D eigenvalue weighted by atomic mass is 9.53. The first-order valence-electron chi connectivity index (χ1n) is 7.68. The largest absolute Gasteiger partial charge is 0.462 e. The monoisotopic (exact) mass is 306 g/mol. The van der Waals surface area contributed by atoms with Crippen LogP contribution in [0.25, 0.3) is 0 Å². The molecular formula is C17H22O5. The van der Waals surface area contributed by atoms with Gasteiger partial charge >= 0.3 is 11.9 Å². The van der Waals surface area contributed by atoms with Crippen molar-refractivity contribution in [1.29, 1.82) is 0 Å². The second-order valence-electron chi connectivity index (χ2n) is 7.01. The van der Waals surface area contributed by atoms with Crippen molar-refractivity contribution in [2.75, 3.05) is 0 Å². The van der Waals surface area contributed by atoms with Crippen LogP contribution in [0.1, 0.15) is 39.5 Å². The molecule has 2 saturated carbocycles. The fourth-order valence-corrected chi connectivity index (χ4v) is 4.47. The normalized spacial score (nSPS) is 44.1. The number of rotatable bonds is 1. The average Bonchev–Trinajstić information content (AvgIpc) is 2.66. The highest BCUT2D eigenvalue weighted by Crippen LogP contribution is 2.59. The van der Waals surface area contributed by atoms with Gasteiger partial charge in [0.2, 0.25) is 0 Å². The van der Waals surface area contributed by atoms with Crippen LogP contribution in [-0.4, -0.2) is 34.9 Å². The summed E-state index contributed by atoms with van der Waals surface area (Å²) >= 11 is 0. The molecule has 0 bridgehead atoms. The molecule has 1 heterocycles. The lowest BCUT2D eigenvalue weighted by Crippen LogP contribution is -2.60. The number of carbonyl (C=O) groups excluding carboxylic acids is 2. The Bertz CT molecular complexity index is 580. The minimum absolute atomic E-state index is 0.127. The van der Waals surface area contributed by atoms with Gasteiger partial charge in [-0.05, 0) is 25.7 Å². The minimum Gasteiger partial charge on any atom is -0.462 e. The highest BCUT2D eigenvalue weighted by molar-refractivity contribution is 5.93. The third-order valence-corrected chi connectivity index (χ3v) is 5.74. The Balaban J connectivity index is 2.01. The van der Waals surface area contributed by atoms with Gasteiger partial charge in [0, 0.05) is 18.3 Å². The minimum atomic E-state index is -1.33. The number of hydrogen-bond donors (Lipinski definition) is 1. The molecule has 0 spiro atoms. The predicted octanol–water partition coefficient (Wildman–Crippen LogP) is 1.90. The molecule has 3 aliphatic rings. The van der Waals surface area contributed by atoms with Crippen LogP contribution in [0, 0.1) is 11.3 Å². The maximum Gasteiger partial charge on any atom is 0.336 e. The summed E-state index contributed by atoms with van der Waals surface area (Å²) in [5.41, 5.74) is -0.649. The molecule has 0 aromatic carbocycles. The van der Waals surface area contributed by atoms with E-state index in [2.05, 4.69) is 13.2 Å². The molecule has 5 atom stereocenters. The Kier molecular flexibility index (Phi) is 3.25. The molecule has 1 saturated heterocycles. The van der Waals surface area contributed by atoms with Crippen molar-refractivity contribution in [3.63, 3.8) is 0 Å². The van der Waals surface area contributed by atoms with Crippen LogP contribution in [0.2, 0.25) is 0 Å². The molecular weight excluding hydrogens is 284 g/mol. The van der Waals surface area contributed by atoms with Crippen molar-refractivity contribution in [2.24, 2.45) is 11.3 Å². The molecule has 1 N–H and O–H groups in total. The molecule has 0 aromatic heterocycles. The van der Waals surface area contributed by atoms with Crippen LogP contribution in [0.15, 0.2) is 24.3 Å². The molecule has 120 valence electrons. The van der Waals surface area contributed by atoms with E-state index in [9.17, 15) is 14.7 Å². The summed E-state index contributed by atoms with van der Waals surface area (Å²) in [6, 6.07) is 0. The van der Waals surface area contributed by atoms with Gasteiger partial charge in [0.1, 0.15) is 17.8 Å². The molecule has 0 radical (unpaired) electrons. The molecule has 2 aliphatic carbocycles. The zero-order chi connectivity index (χ0) is 16.3. The fourth-order valence-electron chi connectivity index (χ4n) is 4.47. The van der Waals surface area contributed by atoms with Crippen molar-refractivity contribution in [3.8, 4) is 0 Å². The summed E-state index contributed by atoms with van der Waals surface area (Å²) in [4.78, 5) is 23.3. The summed E-state index contributed by atoms with van der Waals surface area (Å²) < 4.78 is 11.0. The van der Waals surface area contributed by atoms with Gasteiger partial charge < -0.3 is 14.6 Å². The van der Waals surface area contributed by atoms with Gasteiger partial charge in [-0.25, -0.2) is 4.79 Å². The molecule has 0 aromatic rings. The van der Waals surface area contributed by atoms with Gasteiger partial charge in [-0.1, -0.05) is 25.7 Å². The second-order valence-corrected chi connectivity index (χ2v) is 7.01. The van der Waals surface area contributed by atoms with E-state index in [1.165, 1.54) is 6.92 Å². The third-order valence-electron chi connectivity index (χ3n) is 5.74. The first-order valence-corrected chi connectivity index (χ1v) is 7.68. The summed E-state index contributed by atoms with van der Waals surface area (Å²) in [7, 11) is 0. The van der Waals surface area contributed by atoms with Crippen molar-refractivity contribution in [2.45, 2.75) is 57.3 Å². The van der Waals surface area contributed by atoms with Crippen LogP contribution >= 0.6 is 0 Å². The molecule has 5 heteroatoms. The van der Waals surface area contributed by atoms with Crippen LogP contribution < -0.4 is 0 Å². The van der Waals surface area contributed by atoms with Crippen molar-refractivity contribution >= 4 is 11.9 Å². The van der Waals surface area contributed by atoms with Gasteiger partial charge in [0.15, 0.2) is 0 Å².